The van der Waals surface area contributed by atoms with Crippen molar-refractivity contribution in [2.75, 3.05) is 39.3 Å². The summed E-state index contributed by atoms with van der Waals surface area (Å²) in [6.45, 7) is 8.01. The van der Waals surface area contributed by atoms with Crippen molar-refractivity contribution in [3.63, 3.8) is 0 Å². The molecule has 3 rings (SSSR count). The zero-order valence-corrected chi connectivity index (χ0v) is 15.8. The summed E-state index contributed by atoms with van der Waals surface area (Å²) >= 11 is 0. The number of oxazole rings is 1. The van der Waals surface area contributed by atoms with Gasteiger partial charge in [0.15, 0.2) is 5.69 Å². The fourth-order valence-corrected chi connectivity index (χ4v) is 3.29. The first-order valence-electron chi connectivity index (χ1n) is 9.99. The van der Waals surface area contributed by atoms with Crippen LogP contribution in [0.4, 0.5) is 0 Å². The Morgan fingerprint density at radius 3 is 2.77 bits per heavy atom. The molecule has 0 spiro atoms. The Balaban J connectivity index is 1.37. The van der Waals surface area contributed by atoms with Crippen molar-refractivity contribution < 1.29 is 14.3 Å². The van der Waals surface area contributed by atoms with Gasteiger partial charge in [-0.1, -0.05) is 19.8 Å². The van der Waals surface area contributed by atoms with Gasteiger partial charge in [0.2, 0.25) is 5.89 Å². The molecule has 2 N–H and O–H groups in total. The third-order valence-corrected chi connectivity index (χ3v) is 5.22. The molecule has 7 heteroatoms. The number of amides is 1. The highest BCUT2D eigenvalue weighted by Gasteiger charge is 2.24. The highest BCUT2D eigenvalue weighted by molar-refractivity contribution is 5.91. The third kappa shape index (κ3) is 6.07. The number of piperazine rings is 1. The summed E-state index contributed by atoms with van der Waals surface area (Å²) in [4.78, 5) is 21.0. The van der Waals surface area contributed by atoms with Crippen molar-refractivity contribution in [2.45, 2.75) is 51.7 Å². The molecular weight excluding hydrogens is 332 g/mol. The molecular formula is C19H32N4O3. The smallest absolute Gasteiger partial charge is 0.273 e. The number of β-amino-alcohol motifs (C(OH)–C–C–N with tert-alkyl or cyclic N) is 1. The van der Waals surface area contributed by atoms with Gasteiger partial charge >= 0.3 is 0 Å². The number of hydrogen-bond donors (Lipinski definition) is 2. The van der Waals surface area contributed by atoms with Crippen molar-refractivity contribution in [3.05, 3.63) is 17.8 Å². The van der Waals surface area contributed by atoms with Gasteiger partial charge in [-0.2, -0.15) is 0 Å². The Labute approximate surface area is 155 Å². The van der Waals surface area contributed by atoms with Crippen LogP contribution in [-0.2, 0) is 6.54 Å². The minimum Gasteiger partial charge on any atom is -0.447 e. The number of hydrogen-bond acceptors (Lipinski definition) is 6. The molecule has 7 nitrogen and oxygen atoms in total. The second kappa shape index (κ2) is 9.48. The molecule has 1 aliphatic heterocycles. The maximum atomic E-state index is 12.0. The van der Waals surface area contributed by atoms with Gasteiger partial charge in [-0.05, 0) is 25.2 Å². The zero-order valence-electron chi connectivity index (χ0n) is 15.8. The number of nitrogens with zero attached hydrogens (tertiary/aromatic N) is 3. The summed E-state index contributed by atoms with van der Waals surface area (Å²) in [5.41, 5.74) is 0.373. The summed E-state index contributed by atoms with van der Waals surface area (Å²) in [6, 6.07) is 0. The molecule has 1 amide bonds. The Kier molecular flexibility index (Phi) is 7.05. The van der Waals surface area contributed by atoms with E-state index in [2.05, 4.69) is 27.0 Å². The van der Waals surface area contributed by atoms with E-state index < -0.39 is 0 Å². The summed E-state index contributed by atoms with van der Waals surface area (Å²) < 4.78 is 5.48. The standard InChI is InChI=1S/C19H32N4O3/c1-2-3-4-16(24)12-22-7-9-23(10-8-22)13-18-21-17(14-26-18)19(25)20-11-15-5-6-15/h14-16,24H,2-13H2,1H3,(H,20,25). The van der Waals surface area contributed by atoms with Crippen LogP contribution in [0.5, 0.6) is 0 Å². The average Bonchev–Trinajstić information content (AvgIpc) is 3.36. The average molecular weight is 364 g/mol. The molecule has 0 bridgehead atoms. The molecule has 2 fully saturated rings. The van der Waals surface area contributed by atoms with Crippen LogP contribution in [0, 0.1) is 5.92 Å². The number of rotatable bonds is 10. The Morgan fingerprint density at radius 1 is 1.35 bits per heavy atom. The number of aliphatic hydroxyl groups is 1. The van der Waals surface area contributed by atoms with Crippen LogP contribution in [0.2, 0.25) is 0 Å². The highest BCUT2D eigenvalue weighted by Crippen LogP contribution is 2.27. The predicted octanol–water partition coefficient (Wildman–Crippen LogP) is 1.48. The second-order valence-corrected chi connectivity index (χ2v) is 7.65. The molecule has 146 valence electrons. The normalized spacial score (nSPS) is 20.2. The van der Waals surface area contributed by atoms with Crippen LogP contribution < -0.4 is 5.32 Å². The maximum Gasteiger partial charge on any atom is 0.273 e. The van der Waals surface area contributed by atoms with Crippen LogP contribution in [0.3, 0.4) is 0 Å². The zero-order chi connectivity index (χ0) is 18.4. The highest BCUT2D eigenvalue weighted by atomic mass is 16.3. The number of unbranched alkanes of at least 4 members (excludes halogenated alkanes) is 1. The van der Waals surface area contributed by atoms with Crippen LogP contribution >= 0.6 is 0 Å². The van der Waals surface area contributed by atoms with E-state index in [4.69, 9.17) is 4.42 Å². The lowest BCUT2D eigenvalue weighted by Crippen LogP contribution is -2.48. The molecule has 1 atom stereocenters. The molecule has 26 heavy (non-hydrogen) atoms. The number of carbonyl (C=O) groups is 1. The van der Waals surface area contributed by atoms with E-state index >= 15 is 0 Å². The van der Waals surface area contributed by atoms with E-state index in [1.807, 2.05) is 0 Å². The van der Waals surface area contributed by atoms with Gasteiger partial charge in [0.25, 0.3) is 5.91 Å². The first-order chi connectivity index (χ1) is 12.6. The first kappa shape index (κ1) is 19.3. The fourth-order valence-electron chi connectivity index (χ4n) is 3.29. The van der Waals surface area contributed by atoms with Crippen molar-refractivity contribution in [1.82, 2.24) is 20.1 Å². The van der Waals surface area contributed by atoms with E-state index in [0.29, 0.717) is 24.0 Å². The van der Waals surface area contributed by atoms with Gasteiger partial charge in [-0.15, -0.1) is 0 Å². The SMILES string of the molecule is CCCCC(O)CN1CCN(Cc2nc(C(=O)NCC3CC3)co2)CC1. The lowest BCUT2D eigenvalue weighted by Gasteiger charge is -2.35. The van der Waals surface area contributed by atoms with Gasteiger partial charge in [0.1, 0.15) is 6.26 Å². The molecule has 1 saturated carbocycles. The van der Waals surface area contributed by atoms with Crippen LogP contribution in [0.25, 0.3) is 0 Å². The van der Waals surface area contributed by atoms with Crippen LogP contribution in [0.1, 0.15) is 55.4 Å². The van der Waals surface area contributed by atoms with E-state index in [-0.39, 0.29) is 12.0 Å². The summed E-state index contributed by atoms with van der Waals surface area (Å²) in [5, 5.41) is 13.0. The Morgan fingerprint density at radius 2 is 2.08 bits per heavy atom. The van der Waals surface area contributed by atoms with Crippen LogP contribution in [-0.4, -0.2) is 71.2 Å². The maximum absolute atomic E-state index is 12.0. The van der Waals surface area contributed by atoms with Crippen LogP contribution in [0.15, 0.2) is 10.7 Å². The molecule has 1 aromatic rings. The van der Waals surface area contributed by atoms with Gasteiger partial charge in [-0.25, -0.2) is 4.98 Å². The molecule has 1 unspecified atom stereocenters. The monoisotopic (exact) mass is 364 g/mol. The summed E-state index contributed by atoms with van der Waals surface area (Å²) in [7, 11) is 0. The Bertz CT molecular complexity index is 565. The number of nitrogens with one attached hydrogen (secondary N) is 1. The van der Waals surface area contributed by atoms with Gasteiger partial charge in [0, 0.05) is 39.3 Å². The summed E-state index contributed by atoms with van der Waals surface area (Å²) in [5.74, 6) is 1.11. The predicted molar refractivity (Wildman–Crippen MR) is 98.8 cm³/mol. The number of aliphatic hydroxyl groups excluding tert-OH is 1. The van der Waals surface area contributed by atoms with Gasteiger partial charge < -0.3 is 14.8 Å². The molecule has 1 aromatic heterocycles. The van der Waals surface area contributed by atoms with Crippen molar-refractivity contribution in [1.29, 1.82) is 0 Å². The minimum absolute atomic E-state index is 0.141. The topological polar surface area (TPSA) is 81.8 Å². The molecule has 1 aliphatic carbocycles. The summed E-state index contributed by atoms with van der Waals surface area (Å²) in [6.07, 6.45) is 6.77. The fraction of sp³-hybridized carbons (Fsp3) is 0.789. The van der Waals surface area contributed by atoms with Gasteiger partial charge in [-0.3, -0.25) is 14.6 Å². The molecule has 0 radical (unpaired) electrons. The Hall–Kier alpha value is -1.44. The van der Waals surface area contributed by atoms with Crippen molar-refractivity contribution in [3.8, 4) is 0 Å². The minimum atomic E-state index is -0.218. The number of carbonyl (C=O) groups excluding carboxylic acids is 1. The van der Waals surface area contributed by atoms with Crippen molar-refractivity contribution in [2.24, 2.45) is 5.92 Å². The molecule has 1 saturated heterocycles. The lowest BCUT2D eigenvalue weighted by atomic mass is 10.1. The van der Waals surface area contributed by atoms with E-state index in [0.717, 1.165) is 58.5 Å². The van der Waals surface area contributed by atoms with E-state index in [1.54, 1.807) is 0 Å². The number of aromatic nitrogens is 1. The van der Waals surface area contributed by atoms with E-state index in [9.17, 15) is 9.90 Å². The van der Waals surface area contributed by atoms with Gasteiger partial charge in [0.05, 0.1) is 12.6 Å². The second-order valence-electron chi connectivity index (χ2n) is 7.65. The quantitative estimate of drug-likeness (QED) is 0.654. The lowest BCUT2D eigenvalue weighted by molar-refractivity contribution is 0.0627. The first-order valence-corrected chi connectivity index (χ1v) is 9.99. The van der Waals surface area contributed by atoms with Crippen molar-refractivity contribution >= 4 is 5.91 Å². The molecule has 2 heterocycles. The molecule has 2 aliphatic rings. The largest absolute Gasteiger partial charge is 0.447 e. The third-order valence-electron chi connectivity index (χ3n) is 5.22. The molecule has 0 aromatic carbocycles. The van der Waals surface area contributed by atoms with E-state index in [1.165, 1.54) is 19.1 Å².